The summed E-state index contributed by atoms with van der Waals surface area (Å²) in [4.78, 5) is 23.5. The number of rotatable bonds is 7. The van der Waals surface area contributed by atoms with Crippen LogP contribution in [-0.2, 0) is 25.9 Å². The van der Waals surface area contributed by atoms with Crippen molar-refractivity contribution in [1.82, 2.24) is 19.5 Å². The molecule has 138 valence electrons. The van der Waals surface area contributed by atoms with Crippen LogP contribution in [0.2, 0.25) is 5.28 Å². The van der Waals surface area contributed by atoms with Gasteiger partial charge < -0.3 is 9.30 Å². The topological polar surface area (TPSA) is 104 Å². The number of unbranched alkanes of at least 4 members (excludes halogenated alkanes) is 1. The number of hydrogen-bond donors (Lipinski definition) is 0. The average Bonchev–Trinajstić information content (AvgIpc) is 2.85. The van der Waals surface area contributed by atoms with Crippen LogP contribution in [0, 0.1) is 6.92 Å². The quantitative estimate of drug-likeness (QED) is 0.310. The molecular formula is C15H21ClN4O4S. The van der Waals surface area contributed by atoms with Crippen molar-refractivity contribution in [3.8, 4) is 0 Å². The molecule has 2 heterocycles. The van der Waals surface area contributed by atoms with Crippen molar-refractivity contribution < 1.29 is 17.9 Å². The number of esters is 1. The number of aryl methyl sites for hydroxylation is 2. The number of nitrogens with zero attached hydrogens (tertiary/aromatic N) is 4. The number of aromatic nitrogens is 4. The molecule has 0 aliphatic heterocycles. The second-order valence-corrected chi connectivity index (χ2v) is 8.67. The highest BCUT2D eigenvalue weighted by molar-refractivity contribution is 7.92. The molecule has 0 fully saturated rings. The third kappa shape index (κ3) is 4.09. The lowest BCUT2D eigenvalue weighted by Crippen LogP contribution is -2.18. The Labute approximate surface area is 151 Å². The van der Waals surface area contributed by atoms with Crippen LogP contribution >= 0.6 is 11.6 Å². The molecule has 8 nitrogen and oxygen atoms in total. The molecule has 0 unspecified atom stereocenters. The SMILES string of the molecule is COC(=O)CCCCn1c(C)nc2nc(Cl)nc(S(=O)(=O)C(C)C)c21. The number of ether oxygens (including phenoxy) is 1. The molecule has 2 aromatic rings. The van der Waals surface area contributed by atoms with Gasteiger partial charge in [0.2, 0.25) is 5.28 Å². The number of sulfone groups is 1. The summed E-state index contributed by atoms with van der Waals surface area (Å²) in [6.45, 7) is 5.43. The minimum atomic E-state index is -3.65. The zero-order valence-electron chi connectivity index (χ0n) is 14.6. The van der Waals surface area contributed by atoms with Gasteiger partial charge in [0.05, 0.1) is 12.4 Å². The monoisotopic (exact) mass is 388 g/mol. The van der Waals surface area contributed by atoms with Crippen molar-refractivity contribution >= 4 is 38.6 Å². The highest BCUT2D eigenvalue weighted by Gasteiger charge is 2.28. The fourth-order valence-corrected chi connectivity index (χ4v) is 3.77. The van der Waals surface area contributed by atoms with Gasteiger partial charge >= 0.3 is 5.97 Å². The second kappa shape index (κ2) is 7.65. The lowest BCUT2D eigenvalue weighted by molar-refractivity contribution is -0.140. The summed E-state index contributed by atoms with van der Waals surface area (Å²) in [6, 6.07) is 0. The molecule has 0 bridgehead atoms. The summed E-state index contributed by atoms with van der Waals surface area (Å²) in [5.41, 5.74) is 0.610. The molecule has 0 aliphatic carbocycles. The van der Waals surface area contributed by atoms with Crippen molar-refractivity contribution in [3.63, 3.8) is 0 Å². The van der Waals surface area contributed by atoms with Gasteiger partial charge in [-0.3, -0.25) is 4.79 Å². The summed E-state index contributed by atoms with van der Waals surface area (Å²) >= 11 is 5.89. The molecule has 0 saturated heterocycles. The van der Waals surface area contributed by atoms with Crippen molar-refractivity contribution in [1.29, 1.82) is 0 Å². The van der Waals surface area contributed by atoms with E-state index in [-0.39, 0.29) is 21.9 Å². The molecule has 10 heteroatoms. The number of carbonyl (C=O) groups is 1. The first-order valence-electron chi connectivity index (χ1n) is 7.89. The van der Waals surface area contributed by atoms with Crippen LogP contribution in [0.5, 0.6) is 0 Å². The Balaban J connectivity index is 2.44. The standard InChI is InChI=1S/C15H21ClN4O4S/c1-9(2)25(22,23)14-12-13(18-15(16)19-14)17-10(3)20(12)8-6-5-7-11(21)24-4/h9H,5-8H2,1-4H3. The van der Waals surface area contributed by atoms with Crippen LogP contribution in [-0.4, -0.2) is 46.3 Å². The third-order valence-electron chi connectivity index (χ3n) is 3.86. The van der Waals surface area contributed by atoms with E-state index in [0.29, 0.717) is 37.1 Å². The van der Waals surface area contributed by atoms with Crippen LogP contribution in [0.15, 0.2) is 5.03 Å². The lowest BCUT2D eigenvalue weighted by atomic mass is 10.2. The number of imidazole rings is 1. The normalized spacial score (nSPS) is 12.1. The summed E-state index contributed by atoms with van der Waals surface area (Å²) in [5.74, 6) is 0.343. The third-order valence-corrected chi connectivity index (χ3v) is 6.10. The van der Waals surface area contributed by atoms with Gasteiger partial charge in [-0.2, -0.15) is 4.98 Å². The molecule has 0 atom stereocenters. The van der Waals surface area contributed by atoms with Crippen LogP contribution < -0.4 is 0 Å². The second-order valence-electron chi connectivity index (χ2n) is 5.91. The van der Waals surface area contributed by atoms with E-state index < -0.39 is 15.1 Å². The molecule has 2 rings (SSSR count). The van der Waals surface area contributed by atoms with Crippen molar-refractivity contribution in [2.45, 2.75) is 56.9 Å². The minimum absolute atomic E-state index is 0.105. The fraction of sp³-hybridized carbons (Fsp3) is 0.600. The maximum atomic E-state index is 12.7. The molecule has 0 aromatic carbocycles. The van der Waals surface area contributed by atoms with Gasteiger partial charge in [0, 0.05) is 13.0 Å². The molecule has 0 radical (unpaired) electrons. The molecule has 0 N–H and O–H groups in total. The van der Waals surface area contributed by atoms with Crippen LogP contribution in [0.25, 0.3) is 11.2 Å². The van der Waals surface area contributed by atoms with Gasteiger partial charge in [0.15, 0.2) is 20.5 Å². The predicted molar refractivity (Wildman–Crippen MR) is 93.3 cm³/mol. The van der Waals surface area contributed by atoms with E-state index in [4.69, 9.17) is 11.6 Å². The number of halogens is 1. The van der Waals surface area contributed by atoms with Crippen molar-refractivity contribution in [2.75, 3.05) is 7.11 Å². The Morgan fingerprint density at radius 1 is 1.24 bits per heavy atom. The zero-order chi connectivity index (χ0) is 18.8. The molecule has 0 amide bonds. The van der Waals surface area contributed by atoms with E-state index in [0.717, 1.165) is 0 Å². The zero-order valence-corrected chi connectivity index (χ0v) is 16.2. The van der Waals surface area contributed by atoms with Crippen LogP contribution in [0.1, 0.15) is 38.9 Å². The largest absolute Gasteiger partial charge is 0.469 e. The fourth-order valence-electron chi connectivity index (χ4n) is 2.42. The summed E-state index contributed by atoms with van der Waals surface area (Å²) in [6.07, 6.45) is 1.58. The van der Waals surface area contributed by atoms with E-state index in [1.807, 2.05) is 0 Å². The molecule has 2 aromatic heterocycles. The predicted octanol–water partition coefficient (Wildman–Crippen LogP) is 2.31. The molecule has 25 heavy (non-hydrogen) atoms. The first-order valence-corrected chi connectivity index (χ1v) is 9.82. The molecular weight excluding hydrogens is 368 g/mol. The number of hydrogen-bond acceptors (Lipinski definition) is 7. The maximum absolute atomic E-state index is 12.7. The average molecular weight is 389 g/mol. The number of methoxy groups -OCH3 is 1. The van der Waals surface area contributed by atoms with Gasteiger partial charge in [-0.25, -0.2) is 18.4 Å². The van der Waals surface area contributed by atoms with E-state index >= 15 is 0 Å². The smallest absolute Gasteiger partial charge is 0.305 e. The summed E-state index contributed by atoms with van der Waals surface area (Å²) in [7, 11) is -2.31. The Morgan fingerprint density at radius 2 is 1.92 bits per heavy atom. The number of carbonyl (C=O) groups excluding carboxylic acids is 1. The Morgan fingerprint density at radius 3 is 2.52 bits per heavy atom. The van der Waals surface area contributed by atoms with Gasteiger partial charge in [-0.15, -0.1) is 0 Å². The minimum Gasteiger partial charge on any atom is -0.469 e. The van der Waals surface area contributed by atoms with Crippen LogP contribution in [0.3, 0.4) is 0 Å². The Kier molecular flexibility index (Phi) is 5.99. The molecule has 0 saturated carbocycles. The van der Waals surface area contributed by atoms with Gasteiger partial charge in [0.25, 0.3) is 0 Å². The van der Waals surface area contributed by atoms with Crippen molar-refractivity contribution in [3.05, 3.63) is 11.1 Å². The van der Waals surface area contributed by atoms with Crippen LogP contribution in [0.4, 0.5) is 0 Å². The summed E-state index contributed by atoms with van der Waals surface area (Å²) in [5, 5.41) is -0.905. The van der Waals surface area contributed by atoms with E-state index in [1.54, 1.807) is 25.3 Å². The van der Waals surface area contributed by atoms with Gasteiger partial charge in [0.1, 0.15) is 11.3 Å². The van der Waals surface area contributed by atoms with Crippen molar-refractivity contribution in [2.24, 2.45) is 0 Å². The van der Waals surface area contributed by atoms with Gasteiger partial charge in [-0.1, -0.05) is 0 Å². The Bertz CT molecular complexity index is 893. The van der Waals surface area contributed by atoms with E-state index in [9.17, 15) is 13.2 Å². The van der Waals surface area contributed by atoms with E-state index in [1.165, 1.54) is 7.11 Å². The first-order chi connectivity index (χ1) is 11.7. The first kappa shape index (κ1) is 19.6. The highest BCUT2D eigenvalue weighted by atomic mass is 35.5. The Hall–Kier alpha value is -1.74. The number of fused-ring (bicyclic) bond motifs is 1. The molecule has 0 spiro atoms. The lowest BCUT2D eigenvalue weighted by Gasteiger charge is -2.12. The van der Waals surface area contributed by atoms with E-state index in [2.05, 4.69) is 19.7 Å². The maximum Gasteiger partial charge on any atom is 0.305 e. The molecule has 0 aliphatic rings. The van der Waals surface area contributed by atoms with Gasteiger partial charge in [-0.05, 0) is 45.2 Å². The summed E-state index contributed by atoms with van der Waals surface area (Å²) < 4.78 is 31.7. The highest BCUT2D eigenvalue weighted by Crippen LogP contribution is 2.26.